The molecule has 0 bridgehead atoms. The normalized spacial score (nSPS) is 11.6. The number of aliphatic hydroxyl groups is 1. The molecule has 0 aliphatic carbocycles. The van der Waals surface area contributed by atoms with Gasteiger partial charge in [0, 0.05) is 26.2 Å². The van der Waals surface area contributed by atoms with Crippen LogP contribution in [0, 0.1) is 5.92 Å². The topological polar surface area (TPSA) is 72.8 Å². The first-order valence-corrected chi connectivity index (χ1v) is 12.8. The number of aliphatic hydroxyl groups excluding tert-OH is 1. The van der Waals surface area contributed by atoms with Crippen LogP contribution in [0.4, 0.5) is 0 Å². The quantitative estimate of drug-likeness (QED) is 0.178. The van der Waals surface area contributed by atoms with E-state index in [1.165, 1.54) is 89.9 Å². The molecule has 0 aromatic rings. The van der Waals surface area contributed by atoms with Gasteiger partial charge in [-0.05, 0) is 18.9 Å². The number of hydrogen-bond donors (Lipinski definition) is 3. The van der Waals surface area contributed by atoms with Crippen LogP contribution in [0.15, 0.2) is 0 Å². The van der Waals surface area contributed by atoms with Crippen molar-refractivity contribution in [1.82, 2.24) is 10.2 Å². The zero-order valence-corrected chi connectivity index (χ0v) is 20.2. The number of hydrogen-bond acceptors (Lipinski definition) is 4. The molecule has 180 valence electrons. The molecular formula is C25H52N2O3. The van der Waals surface area contributed by atoms with Gasteiger partial charge in [0.1, 0.15) is 0 Å². The standard InChI is InChI=1S/C25H52N2O3/c1-24(2)16-14-12-10-8-6-4-3-5-7-9-11-13-15-18-26-19-21-27(22-23-28)20-17-25(29)30/h24,26,28H,3-23H2,1-2H3,(H,29,30). The summed E-state index contributed by atoms with van der Waals surface area (Å²) >= 11 is 0. The zero-order valence-electron chi connectivity index (χ0n) is 20.2. The molecule has 0 aliphatic rings. The Morgan fingerprint density at radius 1 is 0.733 bits per heavy atom. The number of nitrogens with one attached hydrogen (secondary N) is 1. The Labute approximate surface area is 187 Å². The third-order valence-corrected chi connectivity index (χ3v) is 5.80. The van der Waals surface area contributed by atoms with Gasteiger partial charge in [0.05, 0.1) is 13.0 Å². The van der Waals surface area contributed by atoms with Gasteiger partial charge in [-0.25, -0.2) is 0 Å². The third-order valence-electron chi connectivity index (χ3n) is 5.80. The lowest BCUT2D eigenvalue weighted by Gasteiger charge is -2.20. The average Bonchev–Trinajstić information content (AvgIpc) is 2.70. The molecule has 0 rings (SSSR count). The van der Waals surface area contributed by atoms with E-state index in [0.29, 0.717) is 13.1 Å². The minimum Gasteiger partial charge on any atom is -0.481 e. The fraction of sp³-hybridized carbons (Fsp3) is 0.960. The maximum atomic E-state index is 10.7. The number of nitrogens with zero attached hydrogens (tertiary/aromatic N) is 1. The highest BCUT2D eigenvalue weighted by atomic mass is 16.4. The summed E-state index contributed by atoms with van der Waals surface area (Å²) in [6, 6.07) is 0. The van der Waals surface area contributed by atoms with Crippen LogP contribution >= 0.6 is 0 Å². The molecule has 30 heavy (non-hydrogen) atoms. The Balaban J connectivity index is 3.24. The van der Waals surface area contributed by atoms with Crippen LogP contribution < -0.4 is 5.32 Å². The van der Waals surface area contributed by atoms with Gasteiger partial charge in [0.2, 0.25) is 0 Å². The molecule has 0 aromatic carbocycles. The van der Waals surface area contributed by atoms with Crippen molar-refractivity contribution in [2.45, 2.75) is 110 Å². The zero-order chi connectivity index (χ0) is 22.3. The van der Waals surface area contributed by atoms with Gasteiger partial charge in [0.25, 0.3) is 0 Å². The average molecular weight is 429 g/mol. The number of carboxylic acids is 1. The van der Waals surface area contributed by atoms with Crippen molar-refractivity contribution in [2.24, 2.45) is 5.92 Å². The maximum Gasteiger partial charge on any atom is 0.304 e. The van der Waals surface area contributed by atoms with Crippen LogP contribution in [0.1, 0.15) is 110 Å². The summed E-state index contributed by atoms with van der Waals surface area (Å²) in [6.07, 6.45) is 19.5. The second-order valence-electron chi connectivity index (χ2n) is 9.24. The molecule has 0 spiro atoms. The first-order valence-electron chi connectivity index (χ1n) is 12.8. The number of carbonyl (C=O) groups is 1. The van der Waals surface area contributed by atoms with Crippen LogP contribution in [0.25, 0.3) is 0 Å². The van der Waals surface area contributed by atoms with Gasteiger partial charge >= 0.3 is 5.97 Å². The highest BCUT2D eigenvalue weighted by molar-refractivity contribution is 5.66. The molecule has 0 saturated heterocycles. The SMILES string of the molecule is CC(C)CCCCCCCCCCCCCCCNCCN(CCO)CCC(=O)O. The van der Waals surface area contributed by atoms with E-state index >= 15 is 0 Å². The van der Waals surface area contributed by atoms with E-state index in [9.17, 15) is 4.79 Å². The lowest BCUT2D eigenvalue weighted by molar-refractivity contribution is -0.137. The smallest absolute Gasteiger partial charge is 0.304 e. The largest absolute Gasteiger partial charge is 0.481 e. The lowest BCUT2D eigenvalue weighted by Crippen LogP contribution is -2.35. The van der Waals surface area contributed by atoms with Crippen molar-refractivity contribution in [3.8, 4) is 0 Å². The monoisotopic (exact) mass is 428 g/mol. The number of unbranched alkanes of at least 4 members (excludes halogenated alkanes) is 12. The second-order valence-corrected chi connectivity index (χ2v) is 9.24. The van der Waals surface area contributed by atoms with Gasteiger partial charge < -0.3 is 15.5 Å². The molecule has 0 radical (unpaired) electrons. The number of rotatable bonds is 24. The van der Waals surface area contributed by atoms with E-state index in [0.717, 1.165) is 25.6 Å². The van der Waals surface area contributed by atoms with Crippen molar-refractivity contribution in [1.29, 1.82) is 0 Å². The maximum absolute atomic E-state index is 10.7. The van der Waals surface area contributed by atoms with Gasteiger partial charge in [-0.15, -0.1) is 0 Å². The van der Waals surface area contributed by atoms with Gasteiger partial charge in [-0.1, -0.05) is 97.3 Å². The molecule has 0 fully saturated rings. The van der Waals surface area contributed by atoms with Crippen LogP contribution in [0.5, 0.6) is 0 Å². The van der Waals surface area contributed by atoms with Crippen LogP contribution in [-0.4, -0.2) is 60.4 Å². The lowest BCUT2D eigenvalue weighted by atomic mass is 10.0. The van der Waals surface area contributed by atoms with Crippen molar-refractivity contribution >= 4 is 5.97 Å². The van der Waals surface area contributed by atoms with Gasteiger partial charge in [0.15, 0.2) is 0 Å². The molecule has 5 nitrogen and oxygen atoms in total. The molecular weight excluding hydrogens is 376 g/mol. The molecule has 0 saturated carbocycles. The van der Waals surface area contributed by atoms with Crippen LogP contribution in [0.2, 0.25) is 0 Å². The van der Waals surface area contributed by atoms with Crippen molar-refractivity contribution in [3.63, 3.8) is 0 Å². The summed E-state index contributed by atoms with van der Waals surface area (Å²) in [4.78, 5) is 12.7. The van der Waals surface area contributed by atoms with Gasteiger partial charge in [-0.3, -0.25) is 9.69 Å². The number of aliphatic carboxylic acids is 1. The summed E-state index contributed by atoms with van der Waals surface area (Å²) in [5.41, 5.74) is 0. The molecule has 0 aromatic heterocycles. The van der Waals surface area contributed by atoms with Crippen molar-refractivity contribution in [3.05, 3.63) is 0 Å². The Morgan fingerprint density at radius 2 is 1.23 bits per heavy atom. The molecule has 0 amide bonds. The van der Waals surface area contributed by atoms with Crippen molar-refractivity contribution in [2.75, 3.05) is 39.3 Å². The van der Waals surface area contributed by atoms with E-state index in [1.54, 1.807) is 0 Å². The Kier molecular flexibility index (Phi) is 22.5. The minimum atomic E-state index is -0.779. The molecule has 0 unspecified atom stereocenters. The predicted molar refractivity (Wildman–Crippen MR) is 128 cm³/mol. The summed E-state index contributed by atoms with van der Waals surface area (Å²) in [6.45, 7) is 8.47. The van der Waals surface area contributed by atoms with E-state index in [2.05, 4.69) is 19.2 Å². The van der Waals surface area contributed by atoms with E-state index < -0.39 is 5.97 Å². The molecule has 0 atom stereocenters. The molecule has 0 aliphatic heterocycles. The minimum absolute atomic E-state index is 0.0814. The first kappa shape index (κ1) is 29.4. The fourth-order valence-corrected chi connectivity index (χ4v) is 3.84. The van der Waals surface area contributed by atoms with E-state index in [1.807, 2.05) is 4.90 Å². The Morgan fingerprint density at radius 3 is 1.70 bits per heavy atom. The summed E-state index contributed by atoms with van der Waals surface area (Å²) in [7, 11) is 0. The Hall–Kier alpha value is -0.650. The second kappa shape index (κ2) is 23.0. The van der Waals surface area contributed by atoms with Crippen LogP contribution in [-0.2, 0) is 4.79 Å². The van der Waals surface area contributed by atoms with E-state index in [4.69, 9.17) is 10.2 Å². The summed E-state index contributed by atoms with van der Waals surface area (Å²) in [5, 5.41) is 21.3. The third kappa shape index (κ3) is 23.6. The van der Waals surface area contributed by atoms with Crippen LogP contribution in [0.3, 0.4) is 0 Å². The first-order chi connectivity index (χ1) is 14.6. The highest BCUT2D eigenvalue weighted by Gasteiger charge is 2.06. The van der Waals surface area contributed by atoms with Gasteiger partial charge in [-0.2, -0.15) is 0 Å². The molecule has 0 heterocycles. The fourth-order valence-electron chi connectivity index (χ4n) is 3.84. The Bertz CT molecular complexity index is 364. The molecule has 3 N–H and O–H groups in total. The molecule has 5 heteroatoms. The summed E-state index contributed by atoms with van der Waals surface area (Å²) in [5.74, 6) is 0.0879. The van der Waals surface area contributed by atoms with E-state index in [-0.39, 0.29) is 13.0 Å². The highest BCUT2D eigenvalue weighted by Crippen LogP contribution is 2.14. The predicted octanol–water partition coefficient (Wildman–Crippen LogP) is 5.46. The summed E-state index contributed by atoms with van der Waals surface area (Å²) < 4.78 is 0. The van der Waals surface area contributed by atoms with Crippen molar-refractivity contribution < 1.29 is 15.0 Å². The number of carboxylic acid groups (broad SMARTS) is 1.